The number of aromatic nitrogens is 2. The van der Waals surface area contributed by atoms with Gasteiger partial charge in [0.2, 0.25) is 5.89 Å². The van der Waals surface area contributed by atoms with Crippen LogP contribution < -0.4 is 0 Å². The highest BCUT2D eigenvalue weighted by molar-refractivity contribution is 5.18. The summed E-state index contributed by atoms with van der Waals surface area (Å²) in [4.78, 5) is 6.57. The molecule has 1 aromatic carbocycles. The second-order valence-corrected chi connectivity index (χ2v) is 5.66. The molecule has 1 saturated heterocycles. The summed E-state index contributed by atoms with van der Waals surface area (Å²) in [7, 11) is 0. The molecule has 0 amide bonds. The molecule has 6 heteroatoms. The molecule has 0 bridgehead atoms. The van der Waals surface area contributed by atoms with Crippen LogP contribution in [-0.2, 0) is 13.0 Å². The summed E-state index contributed by atoms with van der Waals surface area (Å²) < 4.78 is 32.1. The van der Waals surface area contributed by atoms with Crippen LogP contribution in [0.3, 0.4) is 0 Å². The van der Waals surface area contributed by atoms with E-state index < -0.39 is 11.6 Å². The van der Waals surface area contributed by atoms with Crippen LogP contribution in [0.15, 0.2) is 22.7 Å². The summed E-state index contributed by atoms with van der Waals surface area (Å²) in [5.41, 5.74) is 0.625. The maximum absolute atomic E-state index is 13.4. The third-order valence-electron chi connectivity index (χ3n) is 4.01. The van der Waals surface area contributed by atoms with Crippen molar-refractivity contribution in [2.45, 2.75) is 45.2 Å². The second-order valence-electron chi connectivity index (χ2n) is 5.66. The minimum Gasteiger partial charge on any atom is -0.338 e. The molecule has 0 N–H and O–H groups in total. The number of halogens is 2. The zero-order valence-electron chi connectivity index (χ0n) is 12.6. The van der Waals surface area contributed by atoms with Crippen LogP contribution in [0.2, 0.25) is 0 Å². The van der Waals surface area contributed by atoms with E-state index in [9.17, 15) is 8.78 Å². The summed E-state index contributed by atoms with van der Waals surface area (Å²) in [6, 6.07) is 3.66. The number of nitrogens with zero attached hydrogens (tertiary/aromatic N) is 3. The van der Waals surface area contributed by atoms with Gasteiger partial charge in [-0.3, -0.25) is 4.90 Å². The molecule has 0 radical (unpaired) electrons. The SMILES string of the molecule is CCc1noc(C2CCCCN2Cc2cc(F)cc(F)c2)n1. The summed E-state index contributed by atoms with van der Waals surface area (Å²) in [5, 5.41) is 3.95. The molecule has 0 aliphatic carbocycles. The Hall–Kier alpha value is -1.82. The standard InChI is InChI=1S/C16H19F2N3O/c1-2-15-19-16(22-20-15)14-5-3-4-6-21(14)10-11-7-12(17)9-13(18)8-11/h7-9,14H,2-6,10H2,1H3. The van der Waals surface area contributed by atoms with Crippen molar-refractivity contribution >= 4 is 0 Å². The molecule has 118 valence electrons. The minimum absolute atomic E-state index is 0.0212. The molecule has 3 rings (SSSR count). The van der Waals surface area contributed by atoms with Crippen LogP contribution in [0, 0.1) is 11.6 Å². The van der Waals surface area contributed by atoms with Gasteiger partial charge >= 0.3 is 0 Å². The van der Waals surface area contributed by atoms with Gasteiger partial charge in [0.25, 0.3) is 0 Å². The molecule has 1 fully saturated rings. The van der Waals surface area contributed by atoms with Crippen LogP contribution in [0.4, 0.5) is 8.78 Å². The molecule has 4 nitrogen and oxygen atoms in total. The van der Waals surface area contributed by atoms with Gasteiger partial charge in [-0.25, -0.2) is 8.78 Å². The predicted octanol–water partition coefficient (Wildman–Crippen LogP) is 3.64. The van der Waals surface area contributed by atoms with Crippen LogP contribution >= 0.6 is 0 Å². The normalized spacial score (nSPS) is 19.5. The highest BCUT2D eigenvalue weighted by Gasteiger charge is 2.28. The third-order valence-corrected chi connectivity index (χ3v) is 4.01. The highest BCUT2D eigenvalue weighted by atomic mass is 19.1. The number of hydrogen-bond donors (Lipinski definition) is 0. The van der Waals surface area contributed by atoms with E-state index in [2.05, 4.69) is 15.0 Å². The second kappa shape index (κ2) is 6.52. The lowest BCUT2D eigenvalue weighted by molar-refractivity contribution is 0.111. The molecule has 22 heavy (non-hydrogen) atoms. The van der Waals surface area contributed by atoms with E-state index in [4.69, 9.17) is 4.52 Å². The van der Waals surface area contributed by atoms with E-state index in [1.807, 2.05) is 6.92 Å². The smallest absolute Gasteiger partial charge is 0.244 e. The van der Waals surface area contributed by atoms with Crippen molar-refractivity contribution in [1.29, 1.82) is 0 Å². The summed E-state index contributed by atoms with van der Waals surface area (Å²) >= 11 is 0. The van der Waals surface area contributed by atoms with Gasteiger partial charge in [-0.1, -0.05) is 18.5 Å². The van der Waals surface area contributed by atoms with Gasteiger partial charge in [-0.2, -0.15) is 4.98 Å². The maximum Gasteiger partial charge on any atom is 0.244 e. The highest BCUT2D eigenvalue weighted by Crippen LogP contribution is 2.31. The average molecular weight is 307 g/mol. The van der Waals surface area contributed by atoms with E-state index in [-0.39, 0.29) is 6.04 Å². The number of hydrogen-bond acceptors (Lipinski definition) is 4. The minimum atomic E-state index is -0.547. The zero-order chi connectivity index (χ0) is 15.5. The number of aryl methyl sites for hydroxylation is 1. The van der Waals surface area contributed by atoms with Crippen molar-refractivity contribution in [2.24, 2.45) is 0 Å². The molecule has 1 atom stereocenters. The van der Waals surface area contributed by atoms with E-state index in [1.54, 1.807) is 0 Å². The fourth-order valence-electron chi connectivity index (χ4n) is 2.94. The van der Waals surface area contributed by atoms with E-state index in [0.29, 0.717) is 23.8 Å². The average Bonchev–Trinajstić information content (AvgIpc) is 2.95. The van der Waals surface area contributed by atoms with Crippen molar-refractivity contribution in [1.82, 2.24) is 15.0 Å². The molecule has 1 aromatic heterocycles. The number of rotatable bonds is 4. The van der Waals surface area contributed by atoms with Crippen molar-refractivity contribution in [3.05, 3.63) is 47.1 Å². The zero-order valence-corrected chi connectivity index (χ0v) is 12.6. The molecule has 1 unspecified atom stereocenters. The van der Waals surface area contributed by atoms with E-state index >= 15 is 0 Å². The van der Waals surface area contributed by atoms with Crippen LogP contribution in [-0.4, -0.2) is 21.6 Å². The van der Waals surface area contributed by atoms with Gasteiger partial charge in [0.1, 0.15) is 11.6 Å². The largest absolute Gasteiger partial charge is 0.338 e. The lowest BCUT2D eigenvalue weighted by Gasteiger charge is -2.33. The van der Waals surface area contributed by atoms with E-state index in [0.717, 1.165) is 38.3 Å². The summed E-state index contributed by atoms with van der Waals surface area (Å²) in [5.74, 6) is 0.204. The Morgan fingerprint density at radius 2 is 2.00 bits per heavy atom. The van der Waals surface area contributed by atoms with Gasteiger partial charge in [0.05, 0.1) is 6.04 Å². The van der Waals surface area contributed by atoms with Crippen molar-refractivity contribution < 1.29 is 13.3 Å². The van der Waals surface area contributed by atoms with Gasteiger partial charge in [-0.15, -0.1) is 0 Å². The quantitative estimate of drug-likeness (QED) is 0.865. The van der Waals surface area contributed by atoms with Crippen LogP contribution in [0.25, 0.3) is 0 Å². The monoisotopic (exact) mass is 307 g/mol. The first-order valence-corrected chi connectivity index (χ1v) is 7.67. The Bertz CT molecular complexity index is 624. The lowest BCUT2D eigenvalue weighted by Crippen LogP contribution is -2.33. The Morgan fingerprint density at radius 1 is 1.23 bits per heavy atom. The summed E-state index contributed by atoms with van der Waals surface area (Å²) in [6.07, 6.45) is 3.79. The Labute approximate surface area is 128 Å². The third kappa shape index (κ3) is 3.32. The van der Waals surface area contributed by atoms with Crippen LogP contribution in [0.1, 0.15) is 49.5 Å². The first-order chi connectivity index (χ1) is 10.7. The van der Waals surface area contributed by atoms with Crippen molar-refractivity contribution in [3.63, 3.8) is 0 Å². The Kier molecular flexibility index (Phi) is 4.47. The Balaban J connectivity index is 1.80. The van der Waals surface area contributed by atoms with Crippen LogP contribution in [0.5, 0.6) is 0 Å². The lowest BCUT2D eigenvalue weighted by atomic mass is 10.0. The number of likely N-dealkylation sites (tertiary alicyclic amines) is 1. The molecule has 1 aliphatic heterocycles. The van der Waals surface area contributed by atoms with Gasteiger partial charge in [-0.05, 0) is 37.1 Å². The fraction of sp³-hybridized carbons (Fsp3) is 0.500. The number of piperidine rings is 1. The first-order valence-electron chi connectivity index (χ1n) is 7.67. The number of benzene rings is 1. The fourth-order valence-corrected chi connectivity index (χ4v) is 2.94. The summed E-state index contributed by atoms with van der Waals surface area (Å²) in [6.45, 7) is 3.30. The molecule has 2 heterocycles. The molecular weight excluding hydrogens is 288 g/mol. The first kappa shape index (κ1) is 15.1. The molecule has 0 spiro atoms. The van der Waals surface area contributed by atoms with Gasteiger partial charge < -0.3 is 4.52 Å². The van der Waals surface area contributed by atoms with Gasteiger partial charge in [0.15, 0.2) is 5.82 Å². The Morgan fingerprint density at radius 3 is 2.68 bits per heavy atom. The van der Waals surface area contributed by atoms with Crippen molar-refractivity contribution in [3.8, 4) is 0 Å². The molecular formula is C16H19F2N3O. The maximum atomic E-state index is 13.4. The molecule has 0 saturated carbocycles. The van der Waals surface area contributed by atoms with Gasteiger partial charge in [0, 0.05) is 19.0 Å². The molecule has 1 aliphatic rings. The molecule has 2 aromatic rings. The topological polar surface area (TPSA) is 42.2 Å². The van der Waals surface area contributed by atoms with Crippen molar-refractivity contribution in [2.75, 3.05) is 6.54 Å². The van der Waals surface area contributed by atoms with E-state index in [1.165, 1.54) is 12.1 Å². The predicted molar refractivity (Wildman–Crippen MR) is 77.0 cm³/mol.